The van der Waals surface area contributed by atoms with Gasteiger partial charge in [0.25, 0.3) is 29.5 Å². The largest absolute Gasteiger partial charge is 0.497 e. The van der Waals surface area contributed by atoms with E-state index in [0.29, 0.717) is 64.2 Å². The van der Waals surface area contributed by atoms with E-state index in [-0.39, 0.29) is 65.0 Å². The van der Waals surface area contributed by atoms with Crippen LogP contribution in [0.15, 0.2) is 102 Å². The smallest absolute Gasteiger partial charge is 0.354 e. The highest BCUT2D eigenvalue weighted by atomic mass is 16.5. The summed E-state index contributed by atoms with van der Waals surface area (Å²) in [6, 6.07) is 9.03. The number of allylic oxidation sites excluding steroid dienone is 2. The lowest BCUT2D eigenvalue weighted by Crippen LogP contribution is -2.39. The lowest BCUT2D eigenvalue weighted by atomic mass is 9.93. The van der Waals surface area contributed by atoms with Gasteiger partial charge < -0.3 is 78.4 Å². The van der Waals surface area contributed by atoms with Crippen LogP contribution in [0.2, 0.25) is 0 Å². The molecule has 0 radical (unpaired) electrons. The number of anilines is 6. The number of rotatable bonds is 18. The van der Waals surface area contributed by atoms with Crippen molar-refractivity contribution < 1.29 is 52.6 Å². The molecule has 1 unspecified atom stereocenters. The minimum atomic E-state index is -0.556. The van der Waals surface area contributed by atoms with Crippen LogP contribution < -0.4 is 31.9 Å². The number of fused-ring (bicyclic) bond motifs is 2. The molecule has 25 nitrogen and oxygen atoms in total. The molecule has 0 saturated carbocycles. The van der Waals surface area contributed by atoms with Crippen LogP contribution in [0.25, 0.3) is 0 Å². The highest BCUT2D eigenvalue weighted by molar-refractivity contribution is 6.10. The van der Waals surface area contributed by atoms with E-state index in [1.807, 2.05) is 11.1 Å². The summed E-state index contributed by atoms with van der Waals surface area (Å²) in [6.07, 6.45) is 15.8. The Morgan fingerprint density at radius 1 is 0.570 bits per heavy atom. The third kappa shape index (κ3) is 11.6. The second kappa shape index (κ2) is 22.4. The number of ether oxygens (including phenoxy) is 3. The van der Waals surface area contributed by atoms with E-state index in [2.05, 4.69) is 36.9 Å². The number of methoxy groups -OCH3 is 2. The molecular weight excluding hydrogens is 1020 g/mol. The predicted octanol–water partition coefficient (Wildman–Crippen LogP) is 5.34. The molecule has 79 heavy (non-hydrogen) atoms. The monoisotopic (exact) mass is 1080 g/mol. The van der Waals surface area contributed by atoms with Crippen LogP contribution in [0, 0.1) is 5.92 Å². The normalized spacial score (nSPS) is 15.6. The van der Waals surface area contributed by atoms with Crippen molar-refractivity contribution in [3.05, 3.63) is 131 Å². The zero-order valence-corrected chi connectivity index (χ0v) is 44.8. The maximum absolute atomic E-state index is 13.5. The number of carbonyl (C=O) groups is 8. The Hall–Kier alpha value is -9.81. The summed E-state index contributed by atoms with van der Waals surface area (Å²) in [5.74, 6) is -2.69. The summed E-state index contributed by atoms with van der Waals surface area (Å²) in [7, 11) is 12.7. The summed E-state index contributed by atoms with van der Waals surface area (Å²) in [5.41, 5.74) is 4.06. The van der Waals surface area contributed by atoms with Crippen LogP contribution in [0.1, 0.15) is 95.0 Å². The second-order valence-corrected chi connectivity index (χ2v) is 19.4. The molecule has 2 aliphatic heterocycles. The Morgan fingerprint density at radius 3 is 1.37 bits per heavy atom. The molecule has 0 bridgehead atoms. The van der Waals surface area contributed by atoms with E-state index in [1.165, 1.54) is 60.3 Å². The first-order valence-electron chi connectivity index (χ1n) is 25.2. The van der Waals surface area contributed by atoms with E-state index in [1.54, 1.807) is 103 Å². The van der Waals surface area contributed by atoms with Gasteiger partial charge in [-0.1, -0.05) is 0 Å². The van der Waals surface area contributed by atoms with Gasteiger partial charge in [-0.05, 0) is 55.7 Å². The molecule has 8 heterocycles. The number of carbonyl (C=O) groups excluding carboxylic acids is 8. The highest BCUT2D eigenvalue weighted by Gasteiger charge is 2.39. The van der Waals surface area contributed by atoms with Crippen LogP contribution in [0.4, 0.5) is 34.1 Å². The average molecular weight is 1080 g/mol. The first-order valence-corrected chi connectivity index (χ1v) is 25.2. The number of nitrogens with zero attached hydrogens (tertiary/aromatic N) is 8. The Labute approximate surface area is 452 Å². The number of nitrogens with one attached hydrogen (secondary N) is 6. The molecular formula is C54H60N14O11. The van der Waals surface area contributed by atoms with E-state index in [9.17, 15) is 38.4 Å². The van der Waals surface area contributed by atoms with E-state index < -0.39 is 41.4 Å². The van der Waals surface area contributed by atoms with Gasteiger partial charge in [-0.2, -0.15) is 0 Å². The fraction of sp³-hybridized carbons (Fsp3) is 0.315. The van der Waals surface area contributed by atoms with Crippen molar-refractivity contribution >= 4 is 87.7 Å². The van der Waals surface area contributed by atoms with E-state index >= 15 is 0 Å². The maximum Gasteiger partial charge on any atom is 0.354 e. The summed E-state index contributed by atoms with van der Waals surface area (Å²) in [6.45, 7) is 0.936. The second-order valence-electron chi connectivity index (χ2n) is 19.4. The fourth-order valence-electron chi connectivity index (χ4n) is 9.79. The Kier molecular flexibility index (Phi) is 15.3. The lowest BCUT2D eigenvalue weighted by Gasteiger charge is -2.27. The van der Waals surface area contributed by atoms with Gasteiger partial charge in [-0.15, -0.1) is 0 Å². The summed E-state index contributed by atoms with van der Waals surface area (Å²) in [5, 5.41) is 16.7. The van der Waals surface area contributed by atoms with Crippen LogP contribution in [-0.2, 0) is 66.1 Å². The minimum absolute atomic E-state index is 0.0111. The molecule has 412 valence electrons. The van der Waals surface area contributed by atoms with Crippen molar-refractivity contribution in [3.8, 4) is 0 Å². The molecule has 0 spiro atoms. The van der Waals surface area contributed by atoms with Crippen molar-refractivity contribution in [1.29, 1.82) is 0 Å². The standard InChI is InChI=1S/C54H60N14O11/c1-62-24-30(56-47(69)12-10-14-79-46-22-38-37(21-45(46)77-7)53(75)68-13-9-11-36(68)23-55-38)15-39(62)48(70)57-31-16-40(63(2)25-31)49(71)58-32-17-41(64(3)26-32)50(72)59-33-18-42(65(4)27-33)51(73)60-34-19-43(66(5)28-34)52(74)61-35-20-44(54(76)78-8)67(6)29-35/h15-20,22-29,36-37H,9-14,21H2,1-8H3,(H,56,69)(H,57,70)(H,58,71)(H,59,72)(H,60,73)(H,61,74)/t36-,37?/m0/s1. The molecule has 25 heteroatoms. The van der Waals surface area contributed by atoms with Crippen LogP contribution in [0.3, 0.4) is 0 Å². The molecule has 3 aliphatic rings. The van der Waals surface area contributed by atoms with Gasteiger partial charge in [-0.3, -0.25) is 38.6 Å². The SMILES string of the molecule is COC(=O)c1cc(NC(=O)c2cc(NC(=O)c3cc(NC(=O)c4cc(NC(=O)c5cc(NC(=O)c6cc(NC(=O)CCCOC7=C(OC)CC8C(=O)N9CCC[C@H]9C=NC8=C7)cn6C)cn5C)cn4C)cn3C)cn2C)cn1C. The molecule has 6 N–H and O–H groups in total. The van der Waals surface area contributed by atoms with Crippen LogP contribution in [-0.4, -0.2) is 119 Å². The number of hydrogen-bond donors (Lipinski definition) is 6. The summed E-state index contributed by atoms with van der Waals surface area (Å²) >= 11 is 0. The van der Waals surface area contributed by atoms with Gasteiger partial charge >= 0.3 is 5.97 Å². The van der Waals surface area contributed by atoms with Gasteiger partial charge in [-0.25, -0.2) is 4.79 Å². The number of esters is 1. The van der Waals surface area contributed by atoms with Crippen molar-refractivity contribution in [3.63, 3.8) is 0 Å². The van der Waals surface area contributed by atoms with Crippen molar-refractivity contribution in [2.75, 3.05) is 59.3 Å². The molecule has 1 saturated heterocycles. The number of amides is 7. The van der Waals surface area contributed by atoms with Crippen LogP contribution in [0.5, 0.6) is 0 Å². The van der Waals surface area contributed by atoms with Gasteiger partial charge in [0, 0.05) is 111 Å². The number of hydrogen-bond acceptors (Lipinski definition) is 12. The molecule has 9 rings (SSSR count). The van der Waals surface area contributed by atoms with E-state index in [0.717, 1.165) is 19.4 Å². The van der Waals surface area contributed by atoms with Crippen LogP contribution >= 0.6 is 0 Å². The number of aryl methyl sites for hydroxylation is 6. The Bertz CT molecular complexity index is 3560. The lowest BCUT2D eigenvalue weighted by molar-refractivity contribution is -0.134. The van der Waals surface area contributed by atoms with Crippen molar-refractivity contribution in [2.24, 2.45) is 53.2 Å². The fourth-order valence-corrected chi connectivity index (χ4v) is 9.79. The van der Waals surface area contributed by atoms with Gasteiger partial charge in [0.2, 0.25) is 11.8 Å². The number of aromatic nitrogens is 6. The molecule has 1 aliphatic carbocycles. The molecule has 6 aromatic heterocycles. The highest BCUT2D eigenvalue weighted by Crippen LogP contribution is 2.36. The van der Waals surface area contributed by atoms with Crippen molar-refractivity contribution in [1.82, 2.24) is 32.3 Å². The predicted molar refractivity (Wildman–Crippen MR) is 291 cm³/mol. The quantitative estimate of drug-likeness (QED) is 0.0472. The maximum atomic E-state index is 13.5. The zero-order valence-electron chi connectivity index (χ0n) is 44.8. The topological polar surface area (TPSA) is 282 Å². The van der Waals surface area contributed by atoms with E-state index in [4.69, 9.17) is 14.2 Å². The first-order chi connectivity index (χ1) is 37.8. The summed E-state index contributed by atoms with van der Waals surface area (Å²) in [4.78, 5) is 112. The third-order valence-electron chi connectivity index (χ3n) is 13.8. The van der Waals surface area contributed by atoms with Gasteiger partial charge in [0.1, 0.15) is 39.9 Å². The van der Waals surface area contributed by atoms with Crippen molar-refractivity contribution in [2.45, 2.75) is 38.1 Å². The van der Waals surface area contributed by atoms with Gasteiger partial charge in [0.05, 0.1) is 72.6 Å². The third-order valence-corrected chi connectivity index (χ3v) is 13.8. The first kappa shape index (κ1) is 54.0. The van der Waals surface area contributed by atoms with Gasteiger partial charge in [0.15, 0.2) is 5.76 Å². The zero-order chi connectivity index (χ0) is 56.4. The number of aliphatic imine (C=N–C) groups is 1. The Morgan fingerprint density at radius 2 is 0.962 bits per heavy atom. The Balaban J connectivity index is 0.737. The molecule has 7 amide bonds. The summed E-state index contributed by atoms with van der Waals surface area (Å²) < 4.78 is 25.6. The molecule has 1 fully saturated rings. The minimum Gasteiger partial charge on any atom is -0.497 e. The average Bonchev–Trinajstić information content (AvgIpc) is 4.37. The molecule has 2 atom stereocenters. The molecule has 6 aromatic rings. The molecule has 0 aromatic carbocycles.